The zero-order valence-electron chi connectivity index (χ0n) is 12.2. The van der Waals surface area contributed by atoms with Crippen LogP contribution in [0, 0.1) is 0 Å². The van der Waals surface area contributed by atoms with Crippen LogP contribution in [0.5, 0.6) is 0 Å². The standard InChI is InChI=1S/C14H12BrCl2NO5/c1-21-13(19)7-5-23-6-18(12(7)14(20)22-2)11-4-9(16)8(15)3-10(11)17/h3-4H,5-6H2,1-2H3. The predicted octanol–water partition coefficient (Wildman–Crippen LogP) is 3.15. The maximum absolute atomic E-state index is 12.2. The van der Waals surface area contributed by atoms with Crippen LogP contribution in [0.2, 0.25) is 10.0 Å². The summed E-state index contributed by atoms with van der Waals surface area (Å²) >= 11 is 15.6. The van der Waals surface area contributed by atoms with Gasteiger partial charge in [0.15, 0.2) is 0 Å². The molecule has 2 rings (SSSR count). The molecule has 0 aromatic heterocycles. The van der Waals surface area contributed by atoms with Crippen LogP contribution in [0.3, 0.4) is 0 Å². The Kier molecular flexibility index (Phi) is 5.91. The molecule has 0 amide bonds. The third-order valence-electron chi connectivity index (χ3n) is 3.11. The van der Waals surface area contributed by atoms with Crippen molar-refractivity contribution in [2.75, 3.05) is 32.5 Å². The Morgan fingerprint density at radius 3 is 2.43 bits per heavy atom. The molecule has 124 valence electrons. The first kappa shape index (κ1) is 18.1. The molecule has 0 radical (unpaired) electrons. The van der Waals surface area contributed by atoms with E-state index in [4.69, 9.17) is 37.4 Å². The molecule has 0 N–H and O–H groups in total. The lowest BCUT2D eigenvalue weighted by atomic mass is 10.1. The molecular weight excluding hydrogens is 413 g/mol. The van der Waals surface area contributed by atoms with Crippen molar-refractivity contribution < 1.29 is 23.8 Å². The number of benzene rings is 1. The zero-order chi connectivity index (χ0) is 17.1. The largest absolute Gasteiger partial charge is 0.466 e. The van der Waals surface area contributed by atoms with E-state index in [9.17, 15) is 9.59 Å². The van der Waals surface area contributed by atoms with Crippen molar-refractivity contribution in [1.29, 1.82) is 0 Å². The van der Waals surface area contributed by atoms with E-state index < -0.39 is 11.9 Å². The summed E-state index contributed by atoms with van der Waals surface area (Å²) in [6.45, 7) is -0.0713. The number of carbonyl (C=O) groups is 2. The van der Waals surface area contributed by atoms with Crippen LogP contribution >= 0.6 is 39.1 Å². The van der Waals surface area contributed by atoms with Crippen molar-refractivity contribution in [2.45, 2.75) is 0 Å². The fourth-order valence-electron chi connectivity index (χ4n) is 2.05. The summed E-state index contributed by atoms with van der Waals surface area (Å²) in [5.41, 5.74) is 0.452. The first-order valence-corrected chi connectivity index (χ1v) is 7.85. The van der Waals surface area contributed by atoms with Crippen LogP contribution in [0.25, 0.3) is 0 Å². The topological polar surface area (TPSA) is 65.1 Å². The fourth-order valence-corrected chi connectivity index (χ4v) is 2.95. The van der Waals surface area contributed by atoms with E-state index in [-0.39, 0.29) is 24.6 Å². The van der Waals surface area contributed by atoms with Gasteiger partial charge in [0, 0.05) is 4.47 Å². The van der Waals surface area contributed by atoms with Crippen molar-refractivity contribution >= 4 is 56.8 Å². The van der Waals surface area contributed by atoms with Crippen LogP contribution in [0.4, 0.5) is 5.69 Å². The van der Waals surface area contributed by atoms with Gasteiger partial charge in [0.2, 0.25) is 0 Å². The highest BCUT2D eigenvalue weighted by molar-refractivity contribution is 9.10. The second kappa shape index (κ2) is 7.53. The molecule has 0 spiro atoms. The van der Waals surface area contributed by atoms with E-state index in [0.29, 0.717) is 20.2 Å². The SMILES string of the molecule is COC(=O)C1=C(C(=O)OC)N(c2cc(Cl)c(Br)cc2Cl)COC1. The van der Waals surface area contributed by atoms with Gasteiger partial charge < -0.3 is 19.1 Å². The summed E-state index contributed by atoms with van der Waals surface area (Å²) < 4.78 is 15.4. The van der Waals surface area contributed by atoms with Crippen molar-refractivity contribution in [3.63, 3.8) is 0 Å². The monoisotopic (exact) mass is 423 g/mol. The van der Waals surface area contributed by atoms with E-state index >= 15 is 0 Å². The first-order valence-electron chi connectivity index (χ1n) is 6.30. The molecule has 23 heavy (non-hydrogen) atoms. The number of anilines is 1. The quantitative estimate of drug-likeness (QED) is 0.548. The van der Waals surface area contributed by atoms with Gasteiger partial charge in [-0.3, -0.25) is 0 Å². The van der Waals surface area contributed by atoms with Crippen molar-refractivity contribution in [3.05, 3.63) is 37.9 Å². The van der Waals surface area contributed by atoms with Crippen LogP contribution in [-0.4, -0.2) is 39.5 Å². The molecule has 0 fully saturated rings. The van der Waals surface area contributed by atoms with Crippen LogP contribution in [0.1, 0.15) is 0 Å². The highest BCUT2D eigenvalue weighted by atomic mass is 79.9. The maximum Gasteiger partial charge on any atom is 0.355 e. The van der Waals surface area contributed by atoms with Gasteiger partial charge in [0.25, 0.3) is 0 Å². The van der Waals surface area contributed by atoms with Gasteiger partial charge in [-0.1, -0.05) is 23.2 Å². The summed E-state index contributed by atoms with van der Waals surface area (Å²) in [5.74, 6) is -1.39. The molecule has 1 aliphatic heterocycles. The van der Waals surface area contributed by atoms with Gasteiger partial charge in [-0.05, 0) is 28.1 Å². The third kappa shape index (κ3) is 3.63. The lowest BCUT2D eigenvalue weighted by Crippen LogP contribution is -2.39. The summed E-state index contributed by atoms with van der Waals surface area (Å²) in [7, 11) is 2.43. The van der Waals surface area contributed by atoms with E-state index in [1.165, 1.54) is 19.1 Å². The molecular formula is C14H12BrCl2NO5. The molecule has 0 aliphatic carbocycles. The van der Waals surface area contributed by atoms with Crippen molar-refractivity contribution in [3.8, 4) is 0 Å². The average molecular weight is 425 g/mol. The summed E-state index contributed by atoms with van der Waals surface area (Å²) in [4.78, 5) is 25.5. The Bertz CT molecular complexity index is 692. The number of carbonyl (C=O) groups excluding carboxylic acids is 2. The first-order chi connectivity index (χ1) is 10.9. The molecule has 0 saturated heterocycles. The fraction of sp³-hybridized carbons (Fsp3) is 0.286. The summed E-state index contributed by atoms with van der Waals surface area (Å²) in [5, 5.41) is 0.705. The predicted molar refractivity (Wildman–Crippen MR) is 88.5 cm³/mol. The van der Waals surface area contributed by atoms with Gasteiger partial charge in [-0.2, -0.15) is 0 Å². The lowest BCUT2D eigenvalue weighted by Gasteiger charge is -2.32. The number of ether oxygens (including phenoxy) is 3. The van der Waals surface area contributed by atoms with Gasteiger partial charge in [0.1, 0.15) is 12.4 Å². The minimum Gasteiger partial charge on any atom is -0.466 e. The molecule has 0 atom stereocenters. The van der Waals surface area contributed by atoms with Gasteiger partial charge >= 0.3 is 11.9 Å². The third-order valence-corrected chi connectivity index (χ3v) is 4.61. The van der Waals surface area contributed by atoms with Crippen molar-refractivity contribution in [1.82, 2.24) is 0 Å². The molecule has 9 heteroatoms. The number of halogens is 3. The normalized spacial score (nSPS) is 14.7. The summed E-state index contributed by atoms with van der Waals surface area (Å²) in [6, 6.07) is 3.14. The Morgan fingerprint density at radius 1 is 1.17 bits per heavy atom. The molecule has 0 bridgehead atoms. The summed E-state index contributed by atoms with van der Waals surface area (Å²) in [6.07, 6.45) is 0. The number of hydrogen-bond acceptors (Lipinski definition) is 6. The van der Waals surface area contributed by atoms with Crippen LogP contribution < -0.4 is 4.90 Å². The number of esters is 2. The Morgan fingerprint density at radius 2 is 1.83 bits per heavy atom. The Labute approximate surface area is 151 Å². The Hall–Kier alpha value is -1.28. The van der Waals surface area contributed by atoms with Crippen LogP contribution in [-0.2, 0) is 23.8 Å². The van der Waals surface area contributed by atoms with Gasteiger partial charge in [-0.25, -0.2) is 9.59 Å². The highest BCUT2D eigenvalue weighted by Crippen LogP contribution is 2.37. The minimum atomic E-state index is -0.705. The smallest absolute Gasteiger partial charge is 0.355 e. The molecule has 1 aromatic rings. The molecule has 0 saturated carbocycles. The molecule has 6 nitrogen and oxygen atoms in total. The molecule has 1 heterocycles. The number of hydrogen-bond donors (Lipinski definition) is 0. The second-order valence-electron chi connectivity index (χ2n) is 4.43. The second-order valence-corrected chi connectivity index (χ2v) is 6.10. The molecule has 0 unspecified atom stereocenters. The highest BCUT2D eigenvalue weighted by Gasteiger charge is 2.33. The number of methoxy groups -OCH3 is 2. The van der Waals surface area contributed by atoms with E-state index in [0.717, 1.165) is 0 Å². The minimum absolute atomic E-state index is 0.00259. The number of nitrogens with zero attached hydrogens (tertiary/aromatic N) is 1. The van der Waals surface area contributed by atoms with Gasteiger partial charge in [0.05, 0.1) is 42.1 Å². The van der Waals surface area contributed by atoms with Crippen LogP contribution in [0.15, 0.2) is 27.9 Å². The van der Waals surface area contributed by atoms with E-state index in [1.54, 1.807) is 12.1 Å². The van der Waals surface area contributed by atoms with E-state index in [2.05, 4.69) is 15.9 Å². The Balaban J connectivity index is 2.62. The van der Waals surface area contributed by atoms with Gasteiger partial charge in [-0.15, -0.1) is 0 Å². The van der Waals surface area contributed by atoms with E-state index in [1.807, 2.05) is 0 Å². The number of rotatable bonds is 3. The average Bonchev–Trinajstić information content (AvgIpc) is 2.56. The lowest BCUT2D eigenvalue weighted by molar-refractivity contribution is -0.140. The molecule has 1 aromatic carbocycles. The zero-order valence-corrected chi connectivity index (χ0v) is 15.3. The maximum atomic E-state index is 12.2. The molecule has 1 aliphatic rings. The van der Waals surface area contributed by atoms with Crippen molar-refractivity contribution in [2.24, 2.45) is 0 Å².